The minimum absolute atomic E-state index is 0.0122. The van der Waals surface area contributed by atoms with Crippen LogP contribution in [0.2, 0.25) is 0 Å². The minimum atomic E-state index is -4.38. The van der Waals surface area contributed by atoms with Crippen molar-refractivity contribution in [3.05, 3.63) is 29.8 Å². The molecule has 8 heteroatoms. The lowest BCUT2D eigenvalue weighted by Crippen LogP contribution is -2.30. The van der Waals surface area contributed by atoms with Crippen LogP contribution >= 0.6 is 11.6 Å². The summed E-state index contributed by atoms with van der Waals surface area (Å²) in [5.74, 6) is 0.514. The van der Waals surface area contributed by atoms with Gasteiger partial charge < -0.3 is 0 Å². The third kappa shape index (κ3) is 5.84. The van der Waals surface area contributed by atoms with Crippen LogP contribution in [0.4, 0.5) is 13.2 Å². The highest BCUT2D eigenvalue weighted by Gasteiger charge is 2.30. The van der Waals surface area contributed by atoms with Gasteiger partial charge in [-0.2, -0.15) is 13.2 Å². The smallest absolute Gasteiger partial charge is 0.207 e. The highest BCUT2D eigenvalue weighted by Crippen LogP contribution is 2.22. The summed E-state index contributed by atoms with van der Waals surface area (Å²) in [6.45, 7) is -0.597. The van der Waals surface area contributed by atoms with Crippen LogP contribution in [-0.4, -0.2) is 38.4 Å². The maximum absolute atomic E-state index is 12.1. The molecule has 0 heterocycles. The summed E-state index contributed by atoms with van der Waals surface area (Å²) >= 11 is 5.57. The molecule has 0 unspecified atom stereocenters. The molecule has 0 atom stereocenters. The van der Waals surface area contributed by atoms with Gasteiger partial charge in [0.25, 0.3) is 0 Å². The molecule has 0 aliphatic carbocycles. The Hall–Kier alpha value is -0.790. The minimum Gasteiger partial charge on any atom is -0.207 e. The molecule has 0 aliphatic heterocycles. The highest BCUT2D eigenvalue weighted by atomic mass is 35.5. The summed E-state index contributed by atoms with van der Waals surface area (Å²) in [4.78, 5) is -0.0122. The Bertz CT molecular complexity index is 544. The molecule has 0 aliphatic rings. The lowest BCUT2D eigenvalue weighted by Gasteiger charge is -2.18. The maximum atomic E-state index is 12.1. The number of halogens is 4. The molecular weight excluding hydrogens is 327 g/mol. The number of alkyl halides is 4. The van der Waals surface area contributed by atoms with E-state index in [4.69, 9.17) is 11.6 Å². The molecule has 1 aromatic carbocycles. The predicted molar refractivity (Wildman–Crippen MR) is 76.0 cm³/mol. The molecule has 1 rings (SSSR count). The molecule has 120 valence electrons. The van der Waals surface area contributed by atoms with Crippen LogP contribution in [0.25, 0.3) is 0 Å². The summed E-state index contributed by atoms with van der Waals surface area (Å²) in [5.41, 5.74) is 0.938. The Balaban J connectivity index is 2.77. The van der Waals surface area contributed by atoms with Crippen molar-refractivity contribution in [3.8, 4) is 0 Å². The largest absolute Gasteiger partial charge is 0.390 e. The molecule has 0 aromatic heterocycles. The maximum Gasteiger partial charge on any atom is 0.390 e. The van der Waals surface area contributed by atoms with E-state index in [0.29, 0.717) is 10.2 Å². The van der Waals surface area contributed by atoms with Gasteiger partial charge in [0.1, 0.15) is 0 Å². The van der Waals surface area contributed by atoms with E-state index in [2.05, 4.69) is 0 Å². The lowest BCUT2D eigenvalue weighted by molar-refractivity contribution is -0.135. The van der Waals surface area contributed by atoms with Crippen LogP contribution < -0.4 is 0 Å². The van der Waals surface area contributed by atoms with Crippen molar-refractivity contribution in [2.75, 3.05) is 19.5 Å². The predicted octanol–water partition coefficient (Wildman–Crippen LogP) is 3.43. The lowest BCUT2D eigenvalue weighted by atomic mass is 10.1. The number of hydrogen-bond acceptors (Lipinski definition) is 2. The van der Waals surface area contributed by atoms with Crippen LogP contribution in [0, 0.1) is 0 Å². The van der Waals surface area contributed by atoms with E-state index in [1.54, 1.807) is 12.1 Å². The second kappa shape index (κ2) is 7.47. The normalized spacial score (nSPS) is 12.9. The summed E-state index contributed by atoms with van der Waals surface area (Å²) < 4.78 is 61.4. The molecule has 0 saturated carbocycles. The molecule has 21 heavy (non-hydrogen) atoms. The van der Waals surface area contributed by atoms with Gasteiger partial charge in [-0.3, -0.25) is 0 Å². The first kappa shape index (κ1) is 18.3. The van der Waals surface area contributed by atoms with Gasteiger partial charge in [-0.1, -0.05) is 12.1 Å². The summed E-state index contributed by atoms with van der Waals surface area (Å²) in [6.07, 6.45) is -4.04. The van der Waals surface area contributed by atoms with Gasteiger partial charge >= 0.3 is 6.18 Å². The van der Waals surface area contributed by atoms with Crippen molar-refractivity contribution in [1.29, 1.82) is 0 Å². The Labute approximate surface area is 127 Å². The molecule has 0 saturated heterocycles. The number of sulfonamides is 1. The zero-order valence-corrected chi connectivity index (χ0v) is 13.1. The Kier molecular flexibility index (Phi) is 6.49. The van der Waals surface area contributed by atoms with Crippen molar-refractivity contribution < 1.29 is 21.6 Å². The fourth-order valence-corrected chi connectivity index (χ4v) is 2.99. The first-order valence-corrected chi connectivity index (χ1v) is 8.32. The quantitative estimate of drug-likeness (QED) is 0.711. The molecule has 0 amide bonds. The monoisotopic (exact) mass is 343 g/mol. The average Bonchev–Trinajstić information content (AvgIpc) is 2.42. The van der Waals surface area contributed by atoms with Crippen molar-refractivity contribution in [1.82, 2.24) is 4.31 Å². The SMILES string of the molecule is CN(CCC(F)(F)F)S(=O)(=O)c1ccc(CCCCl)cc1. The molecule has 1 aromatic rings. The number of benzene rings is 1. The molecule has 0 radical (unpaired) electrons. The number of aryl methyl sites for hydroxylation is 1. The summed E-state index contributed by atoms with van der Waals surface area (Å²) in [5, 5.41) is 0. The first-order valence-electron chi connectivity index (χ1n) is 6.35. The van der Waals surface area contributed by atoms with Crippen LogP contribution in [0.1, 0.15) is 18.4 Å². The fourth-order valence-electron chi connectivity index (χ4n) is 1.68. The van der Waals surface area contributed by atoms with E-state index in [1.165, 1.54) is 12.1 Å². The summed E-state index contributed by atoms with van der Waals surface area (Å²) in [7, 11) is -2.75. The van der Waals surface area contributed by atoms with Crippen LogP contribution in [-0.2, 0) is 16.4 Å². The summed E-state index contributed by atoms with van der Waals surface area (Å²) in [6, 6.07) is 6.11. The second-order valence-electron chi connectivity index (χ2n) is 4.63. The highest BCUT2D eigenvalue weighted by molar-refractivity contribution is 7.89. The number of nitrogens with zero attached hydrogens (tertiary/aromatic N) is 1. The molecule has 0 bridgehead atoms. The third-order valence-electron chi connectivity index (χ3n) is 2.94. The molecule has 0 spiro atoms. The molecule has 0 fully saturated rings. The third-order valence-corrected chi connectivity index (χ3v) is 5.08. The van der Waals surface area contributed by atoms with Gasteiger partial charge in [-0.25, -0.2) is 12.7 Å². The van der Waals surface area contributed by atoms with Crippen LogP contribution in [0.5, 0.6) is 0 Å². The molecular formula is C13H17ClF3NO2S. The topological polar surface area (TPSA) is 37.4 Å². The fraction of sp³-hybridized carbons (Fsp3) is 0.538. The van der Waals surface area contributed by atoms with Gasteiger partial charge in [0.15, 0.2) is 0 Å². The van der Waals surface area contributed by atoms with E-state index in [-0.39, 0.29) is 4.90 Å². The van der Waals surface area contributed by atoms with Crippen LogP contribution in [0.3, 0.4) is 0 Å². The van der Waals surface area contributed by atoms with Gasteiger partial charge in [0, 0.05) is 19.5 Å². The van der Waals surface area contributed by atoms with Crippen molar-refractivity contribution in [2.24, 2.45) is 0 Å². The van der Waals surface area contributed by atoms with Crippen molar-refractivity contribution in [2.45, 2.75) is 30.3 Å². The zero-order valence-electron chi connectivity index (χ0n) is 11.5. The van der Waals surface area contributed by atoms with E-state index in [1.807, 2.05) is 0 Å². The number of rotatable bonds is 7. The Morgan fingerprint density at radius 2 is 1.76 bits per heavy atom. The van der Waals surface area contributed by atoms with Gasteiger partial charge in [0.2, 0.25) is 10.0 Å². The van der Waals surface area contributed by atoms with E-state index < -0.39 is 29.2 Å². The Morgan fingerprint density at radius 1 is 1.19 bits per heavy atom. The van der Waals surface area contributed by atoms with Gasteiger partial charge in [-0.15, -0.1) is 11.6 Å². The average molecular weight is 344 g/mol. The van der Waals surface area contributed by atoms with E-state index >= 15 is 0 Å². The molecule has 3 nitrogen and oxygen atoms in total. The van der Waals surface area contributed by atoms with Crippen LogP contribution in [0.15, 0.2) is 29.2 Å². The number of hydrogen-bond donors (Lipinski definition) is 0. The van der Waals surface area contributed by atoms with E-state index in [0.717, 1.165) is 25.5 Å². The van der Waals surface area contributed by atoms with Crippen molar-refractivity contribution in [3.63, 3.8) is 0 Å². The standard InChI is InChI=1S/C13H17ClF3NO2S/c1-18(10-8-13(15,16)17)21(19,20)12-6-4-11(5-7-12)3-2-9-14/h4-7H,2-3,8-10H2,1H3. The second-order valence-corrected chi connectivity index (χ2v) is 7.05. The zero-order chi connectivity index (χ0) is 16.1. The first-order chi connectivity index (χ1) is 9.66. The Morgan fingerprint density at radius 3 is 2.24 bits per heavy atom. The molecule has 0 N–H and O–H groups in total. The van der Waals surface area contributed by atoms with Crippen molar-refractivity contribution >= 4 is 21.6 Å². The van der Waals surface area contributed by atoms with Gasteiger partial charge in [-0.05, 0) is 30.5 Å². The van der Waals surface area contributed by atoms with E-state index in [9.17, 15) is 21.6 Å². The van der Waals surface area contributed by atoms with Gasteiger partial charge in [0.05, 0.1) is 11.3 Å².